The number of fused-ring (bicyclic) bond motifs is 1. The zero-order valence-electron chi connectivity index (χ0n) is 16.8. The minimum absolute atomic E-state index is 0.117. The number of aromatic amines is 1. The van der Waals surface area contributed by atoms with Crippen LogP contribution in [-0.4, -0.2) is 51.2 Å². The van der Waals surface area contributed by atoms with Crippen molar-refractivity contribution in [3.63, 3.8) is 0 Å². The van der Waals surface area contributed by atoms with Gasteiger partial charge < -0.3 is 26.0 Å². The van der Waals surface area contributed by atoms with Gasteiger partial charge in [-0.3, -0.25) is 4.79 Å². The molecule has 9 nitrogen and oxygen atoms in total. The third-order valence-electron chi connectivity index (χ3n) is 3.71. The van der Waals surface area contributed by atoms with Crippen LogP contribution in [0.1, 0.15) is 24.2 Å². The molecule has 12 heteroatoms. The van der Waals surface area contributed by atoms with Gasteiger partial charge in [0.2, 0.25) is 5.95 Å². The molecule has 0 saturated heterocycles. The number of halogens is 3. The van der Waals surface area contributed by atoms with E-state index in [-0.39, 0.29) is 11.9 Å². The number of amides is 1. The lowest BCUT2D eigenvalue weighted by molar-refractivity contribution is -0.192. The van der Waals surface area contributed by atoms with Crippen LogP contribution in [-0.2, 0) is 4.79 Å². The fourth-order valence-corrected chi connectivity index (χ4v) is 2.36. The van der Waals surface area contributed by atoms with Crippen molar-refractivity contribution in [2.24, 2.45) is 0 Å². The summed E-state index contributed by atoms with van der Waals surface area (Å²) in [6.07, 6.45) is -3.24. The molecule has 0 unspecified atom stereocenters. The second-order valence-electron chi connectivity index (χ2n) is 6.52. The van der Waals surface area contributed by atoms with Crippen LogP contribution >= 0.6 is 0 Å². The van der Waals surface area contributed by atoms with Gasteiger partial charge in [-0.15, -0.1) is 0 Å². The summed E-state index contributed by atoms with van der Waals surface area (Å²) in [6, 6.07) is 9.35. The number of aliphatic carboxylic acids is 1. The van der Waals surface area contributed by atoms with Crippen molar-refractivity contribution < 1.29 is 27.9 Å². The van der Waals surface area contributed by atoms with Crippen molar-refractivity contribution >= 4 is 40.4 Å². The summed E-state index contributed by atoms with van der Waals surface area (Å²) in [5, 5.41) is 17.2. The molecular formula is C19H21F3N6O3. The Hall–Kier alpha value is -3.83. The average molecular weight is 438 g/mol. The van der Waals surface area contributed by atoms with Gasteiger partial charge in [0.05, 0.1) is 5.39 Å². The molecule has 3 rings (SSSR count). The number of hydrogen-bond acceptors (Lipinski definition) is 6. The Kier molecular flexibility index (Phi) is 7.40. The van der Waals surface area contributed by atoms with Gasteiger partial charge in [-0.1, -0.05) is 0 Å². The lowest BCUT2D eigenvalue weighted by Crippen LogP contribution is -2.21. The highest BCUT2D eigenvalue weighted by molar-refractivity contribution is 5.94. The summed E-state index contributed by atoms with van der Waals surface area (Å²) in [5.41, 5.74) is 2.17. The molecule has 2 aromatic heterocycles. The number of benzene rings is 1. The van der Waals surface area contributed by atoms with E-state index in [9.17, 15) is 18.0 Å². The van der Waals surface area contributed by atoms with Crippen LogP contribution < -0.4 is 16.0 Å². The van der Waals surface area contributed by atoms with Crippen molar-refractivity contribution in [2.75, 3.05) is 17.7 Å². The van der Waals surface area contributed by atoms with Crippen molar-refractivity contribution in [3.05, 3.63) is 42.1 Å². The number of nitrogens with one attached hydrogen (secondary N) is 4. The van der Waals surface area contributed by atoms with E-state index in [0.717, 1.165) is 22.5 Å². The molecule has 2 heterocycles. The lowest BCUT2D eigenvalue weighted by Gasteiger charge is -2.12. The zero-order chi connectivity index (χ0) is 23.2. The van der Waals surface area contributed by atoms with E-state index in [1.165, 1.54) is 0 Å². The molecule has 0 aliphatic rings. The maximum Gasteiger partial charge on any atom is 0.490 e. The van der Waals surface area contributed by atoms with E-state index < -0.39 is 12.1 Å². The number of H-pyrrole nitrogens is 1. The van der Waals surface area contributed by atoms with Crippen molar-refractivity contribution in [3.8, 4) is 0 Å². The molecule has 0 aliphatic heterocycles. The number of carboxylic acids is 1. The maximum absolute atomic E-state index is 11.6. The minimum Gasteiger partial charge on any atom is -0.475 e. The van der Waals surface area contributed by atoms with Gasteiger partial charge in [-0.05, 0) is 44.2 Å². The van der Waals surface area contributed by atoms with Crippen molar-refractivity contribution in [1.29, 1.82) is 0 Å². The fourth-order valence-electron chi connectivity index (χ4n) is 2.36. The number of alkyl halides is 3. The van der Waals surface area contributed by atoms with E-state index in [1.54, 1.807) is 19.2 Å². The Bertz CT molecular complexity index is 1050. The van der Waals surface area contributed by atoms with Gasteiger partial charge in [-0.25, -0.2) is 4.79 Å². The molecule has 5 N–H and O–H groups in total. The standard InChI is InChI=1S/C17H20N6O.C2HF3O2/c1-10(2)20-15-13-8-9-19-14(13)22-17(23-15)21-12-6-4-11(5-7-12)16(24)18-3;3-2(4,5)1(6)7/h4-10H,1-3H3,(H,18,24)(H3,19,20,21,22,23);(H,6,7). The van der Waals surface area contributed by atoms with Gasteiger partial charge >= 0.3 is 12.1 Å². The second-order valence-corrected chi connectivity index (χ2v) is 6.52. The molecule has 0 atom stereocenters. The molecule has 0 radical (unpaired) electrons. The highest BCUT2D eigenvalue weighted by Crippen LogP contribution is 2.23. The van der Waals surface area contributed by atoms with Crippen LogP contribution in [0.2, 0.25) is 0 Å². The predicted octanol–water partition coefficient (Wildman–Crippen LogP) is 3.51. The molecule has 0 saturated carbocycles. The molecule has 0 fully saturated rings. The van der Waals surface area contributed by atoms with Crippen LogP contribution in [0.4, 0.5) is 30.6 Å². The molecule has 166 valence electrons. The lowest BCUT2D eigenvalue weighted by atomic mass is 10.2. The number of nitrogens with zero attached hydrogens (tertiary/aromatic N) is 2. The van der Waals surface area contributed by atoms with Crippen LogP contribution in [0.3, 0.4) is 0 Å². The van der Waals surface area contributed by atoms with Crippen LogP contribution in [0, 0.1) is 0 Å². The third-order valence-corrected chi connectivity index (χ3v) is 3.71. The Balaban J connectivity index is 0.000000423. The molecule has 0 aliphatic carbocycles. The van der Waals surface area contributed by atoms with Gasteiger partial charge in [-0.2, -0.15) is 23.1 Å². The monoisotopic (exact) mass is 438 g/mol. The molecule has 0 bridgehead atoms. The number of anilines is 3. The summed E-state index contributed by atoms with van der Waals surface area (Å²) in [7, 11) is 1.61. The van der Waals surface area contributed by atoms with Crippen LogP contribution in [0.5, 0.6) is 0 Å². The topological polar surface area (TPSA) is 132 Å². The summed E-state index contributed by atoms with van der Waals surface area (Å²) < 4.78 is 31.7. The summed E-state index contributed by atoms with van der Waals surface area (Å²) in [4.78, 5) is 32.6. The van der Waals surface area contributed by atoms with E-state index in [2.05, 4.69) is 44.7 Å². The highest BCUT2D eigenvalue weighted by Gasteiger charge is 2.38. The van der Waals surface area contributed by atoms with Crippen LogP contribution in [0.15, 0.2) is 36.5 Å². The van der Waals surface area contributed by atoms with E-state index in [0.29, 0.717) is 11.5 Å². The molecule has 1 aromatic carbocycles. The number of rotatable bonds is 5. The van der Waals surface area contributed by atoms with E-state index >= 15 is 0 Å². The number of carboxylic acid groups (broad SMARTS) is 1. The first kappa shape index (κ1) is 23.4. The third kappa shape index (κ3) is 6.59. The summed E-state index contributed by atoms with van der Waals surface area (Å²) >= 11 is 0. The van der Waals surface area contributed by atoms with Crippen molar-refractivity contribution in [2.45, 2.75) is 26.1 Å². The largest absolute Gasteiger partial charge is 0.490 e. The minimum atomic E-state index is -5.08. The normalized spacial score (nSPS) is 10.9. The quantitative estimate of drug-likeness (QED) is 0.412. The zero-order valence-corrected chi connectivity index (χ0v) is 16.8. The molecule has 1 amide bonds. The van der Waals surface area contributed by atoms with E-state index in [1.807, 2.05) is 24.4 Å². The molecule has 31 heavy (non-hydrogen) atoms. The first-order chi connectivity index (χ1) is 14.5. The molecule has 3 aromatic rings. The molecule has 0 spiro atoms. The SMILES string of the molecule is CNC(=O)c1ccc(Nc2nc(NC(C)C)c3cc[nH]c3n2)cc1.O=C(O)C(F)(F)F. The van der Waals surface area contributed by atoms with Gasteiger partial charge in [0.25, 0.3) is 5.91 Å². The first-order valence-corrected chi connectivity index (χ1v) is 9.02. The van der Waals surface area contributed by atoms with Crippen LogP contribution in [0.25, 0.3) is 11.0 Å². The number of aromatic nitrogens is 3. The van der Waals surface area contributed by atoms with Gasteiger partial charge in [0.1, 0.15) is 11.5 Å². The molecular weight excluding hydrogens is 417 g/mol. The smallest absolute Gasteiger partial charge is 0.475 e. The first-order valence-electron chi connectivity index (χ1n) is 9.02. The number of hydrogen-bond donors (Lipinski definition) is 5. The highest BCUT2D eigenvalue weighted by atomic mass is 19.4. The fraction of sp³-hybridized carbons (Fsp3) is 0.263. The van der Waals surface area contributed by atoms with Gasteiger partial charge in [0.15, 0.2) is 0 Å². The van der Waals surface area contributed by atoms with E-state index in [4.69, 9.17) is 9.90 Å². The van der Waals surface area contributed by atoms with Crippen molar-refractivity contribution in [1.82, 2.24) is 20.3 Å². The van der Waals surface area contributed by atoms with Gasteiger partial charge in [0, 0.05) is 30.5 Å². The second kappa shape index (κ2) is 9.78. The maximum atomic E-state index is 11.6. The Morgan fingerprint density at radius 1 is 1.10 bits per heavy atom. The number of carbonyl (C=O) groups is 2. The summed E-state index contributed by atoms with van der Waals surface area (Å²) in [6.45, 7) is 4.12. The Morgan fingerprint density at radius 3 is 2.23 bits per heavy atom. The average Bonchev–Trinajstić information content (AvgIpc) is 3.16. The Labute approximate surface area is 175 Å². The Morgan fingerprint density at radius 2 is 1.71 bits per heavy atom. The predicted molar refractivity (Wildman–Crippen MR) is 109 cm³/mol. The summed E-state index contributed by atoms with van der Waals surface area (Å²) in [5.74, 6) is -1.61. The number of carbonyl (C=O) groups excluding carboxylic acids is 1.